The number of hydrogen-bond donors (Lipinski definition) is 0. The Hall–Kier alpha value is -1.18. The minimum atomic E-state index is 0.167. The number of rotatable bonds is 8. The molecule has 0 saturated carbocycles. The van der Waals surface area contributed by atoms with E-state index in [-0.39, 0.29) is 11.6 Å². The Morgan fingerprint density at radius 3 is 0.850 bits per heavy atom. The van der Waals surface area contributed by atoms with E-state index in [4.69, 9.17) is 0 Å². The maximum absolute atomic E-state index is 12.8. The maximum atomic E-state index is 12.8. The summed E-state index contributed by atoms with van der Waals surface area (Å²) in [6.45, 7) is 8.27. The van der Waals surface area contributed by atoms with Crippen LogP contribution >= 0.6 is 0 Å². The van der Waals surface area contributed by atoms with E-state index in [1.165, 1.54) is 0 Å². The fraction of sp³-hybridized carbons (Fsp3) is 0.667. The number of Topliss-reactive ketones (excluding diaryl/α,β-unsaturated/α-hetero) is 2. The van der Waals surface area contributed by atoms with Gasteiger partial charge in [-0.3, -0.25) is 9.59 Å². The average Bonchev–Trinajstić information content (AvgIpc) is 2.44. The minimum absolute atomic E-state index is 0.167. The maximum Gasteiger partial charge on any atom is 0.185 e. The lowest BCUT2D eigenvalue weighted by molar-refractivity contribution is -0.117. The van der Waals surface area contributed by atoms with Gasteiger partial charge in [-0.2, -0.15) is 0 Å². The fourth-order valence-corrected chi connectivity index (χ4v) is 2.97. The predicted octanol–water partition coefficient (Wildman–Crippen LogP) is 4.93. The van der Waals surface area contributed by atoms with Gasteiger partial charge in [-0.05, 0) is 25.7 Å². The summed E-state index contributed by atoms with van der Waals surface area (Å²) in [5.74, 6) is 0.334. The summed E-state index contributed by atoms with van der Waals surface area (Å²) in [6.07, 6.45) is 6.65. The standard InChI is InChI=1S/C18H28O2/c1-5-9-13-14(10-6-2)18(20)16(12-8-4)15(11-7-3)17(13)19/h5-12H2,1-4H3. The van der Waals surface area contributed by atoms with E-state index < -0.39 is 0 Å². The Kier molecular flexibility index (Phi) is 6.90. The molecule has 0 aromatic carbocycles. The molecule has 2 heteroatoms. The third-order valence-corrected chi connectivity index (χ3v) is 3.82. The third kappa shape index (κ3) is 3.47. The minimum Gasteiger partial charge on any atom is -0.289 e. The third-order valence-electron chi connectivity index (χ3n) is 3.82. The average molecular weight is 276 g/mol. The van der Waals surface area contributed by atoms with Gasteiger partial charge in [-0.15, -0.1) is 0 Å². The van der Waals surface area contributed by atoms with E-state index in [1.54, 1.807) is 0 Å². The van der Waals surface area contributed by atoms with E-state index in [9.17, 15) is 9.59 Å². The molecular formula is C18H28O2. The van der Waals surface area contributed by atoms with Crippen molar-refractivity contribution in [2.75, 3.05) is 0 Å². The van der Waals surface area contributed by atoms with Crippen LogP contribution in [-0.4, -0.2) is 11.6 Å². The second-order valence-corrected chi connectivity index (χ2v) is 5.57. The fourth-order valence-electron chi connectivity index (χ4n) is 2.97. The zero-order valence-corrected chi connectivity index (χ0v) is 13.5. The highest BCUT2D eigenvalue weighted by atomic mass is 16.1. The highest BCUT2D eigenvalue weighted by Gasteiger charge is 2.31. The van der Waals surface area contributed by atoms with E-state index in [1.807, 2.05) is 0 Å². The van der Waals surface area contributed by atoms with Gasteiger partial charge >= 0.3 is 0 Å². The van der Waals surface area contributed by atoms with Crippen molar-refractivity contribution in [1.29, 1.82) is 0 Å². The summed E-state index contributed by atoms with van der Waals surface area (Å²) in [7, 11) is 0. The lowest BCUT2D eigenvalue weighted by atomic mass is 9.78. The molecule has 112 valence electrons. The van der Waals surface area contributed by atoms with Gasteiger partial charge in [0, 0.05) is 22.3 Å². The molecular weight excluding hydrogens is 248 g/mol. The molecule has 0 saturated heterocycles. The van der Waals surface area contributed by atoms with Crippen LogP contribution in [0.4, 0.5) is 0 Å². The number of carbonyl (C=O) groups is 2. The SMILES string of the molecule is CCCC1=C(CCC)C(=O)C(CCC)=C(CCC)C1=O. The summed E-state index contributed by atoms with van der Waals surface area (Å²) in [6, 6.07) is 0. The smallest absolute Gasteiger partial charge is 0.185 e. The molecule has 20 heavy (non-hydrogen) atoms. The van der Waals surface area contributed by atoms with Gasteiger partial charge in [0.25, 0.3) is 0 Å². The molecule has 0 spiro atoms. The Balaban J connectivity index is 3.29. The van der Waals surface area contributed by atoms with Crippen LogP contribution < -0.4 is 0 Å². The quantitative estimate of drug-likeness (QED) is 0.589. The molecule has 0 aromatic heterocycles. The summed E-state index contributed by atoms with van der Waals surface area (Å²) in [5, 5.41) is 0. The number of hydrogen-bond acceptors (Lipinski definition) is 2. The van der Waals surface area contributed by atoms with Crippen LogP contribution in [0.1, 0.15) is 79.1 Å². The van der Waals surface area contributed by atoms with Crippen molar-refractivity contribution in [3.8, 4) is 0 Å². The Labute approximate surface area is 123 Å². The van der Waals surface area contributed by atoms with Crippen LogP contribution in [0.25, 0.3) is 0 Å². The van der Waals surface area contributed by atoms with Crippen molar-refractivity contribution in [2.24, 2.45) is 0 Å². The van der Waals surface area contributed by atoms with Crippen LogP contribution in [0.5, 0.6) is 0 Å². The molecule has 1 rings (SSSR count). The molecule has 0 fully saturated rings. The Morgan fingerprint density at radius 2 is 0.700 bits per heavy atom. The lowest BCUT2D eigenvalue weighted by Gasteiger charge is -2.24. The van der Waals surface area contributed by atoms with Crippen molar-refractivity contribution in [3.05, 3.63) is 22.3 Å². The van der Waals surface area contributed by atoms with Crippen LogP contribution in [0, 0.1) is 0 Å². The van der Waals surface area contributed by atoms with Crippen molar-refractivity contribution in [1.82, 2.24) is 0 Å². The van der Waals surface area contributed by atoms with Gasteiger partial charge in [0.2, 0.25) is 0 Å². The lowest BCUT2D eigenvalue weighted by Crippen LogP contribution is -2.24. The summed E-state index contributed by atoms with van der Waals surface area (Å²) < 4.78 is 0. The molecule has 0 unspecified atom stereocenters. The van der Waals surface area contributed by atoms with Gasteiger partial charge in [0.1, 0.15) is 0 Å². The highest BCUT2D eigenvalue weighted by Crippen LogP contribution is 2.33. The van der Waals surface area contributed by atoms with Gasteiger partial charge in [-0.25, -0.2) is 0 Å². The zero-order valence-electron chi connectivity index (χ0n) is 13.5. The van der Waals surface area contributed by atoms with E-state index in [2.05, 4.69) is 27.7 Å². The largest absolute Gasteiger partial charge is 0.289 e. The Bertz CT molecular complexity index is 360. The van der Waals surface area contributed by atoms with E-state index >= 15 is 0 Å². The number of carbonyl (C=O) groups excluding carboxylic acids is 2. The van der Waals surface area contributed by atoms with Crippen LogP contribution in [-0.2, 0) is 9.59 Å². The highest BCUT2D eigenvalue weighted by molar-refractivity contribution is 6.25. The van der Waals surface area contributed by atoms with Gasteiger partial charge in [-0.1, -0.05) is 53.4 Å². The summed E-state index contributed by atoms with van der Waals surface area (Å²) in [5.41, 5.74) is 3.23. The first-order chi connectivity index (χ1) is 9.62. The first-order valence-corrected chi connectivity index (χ1v) is 8.15. The second-order valence-electron chi connectivity index (χ2n) is 5.57. The molecule has 2 nitrogen and oxygen atoms in total. The van der Waals surface area contributed by atoms with Crippen LogP contribution in [0.2, 0.25) is 0 Å². The van der Waals surface area contributed by atoms with Gasteiger partial charge < -0.3 is 0 Å². The first kappa shape index (κ1) is 16.9. The van der Waals surface area contributed by atoms with Crippen molar-refractivity contribution < 1.29 is 9.59 Å². The molecule has 0 N–H and O–H groups in total. The number of ketones is 2. The topological polar surface area (TPSA) is 34.1 Å². The summed E-state index contributed by atoms with van der Waals surface area (Å²) in [4.78, 5) is 25.5. The predicted molar refractivity (Wildman–Crippen MR) is 83.7 cm³/mol. The molecule has 0 amide bonds. The van der Waals surface area contributed by atoms with Gasteiger partial charge in [0.15, 0.2) is 11.6 Å². The molecule has 1 aliphatic rings. The first-order valence-electron chi connectivity index (χ1n) is 8.15. The molecule has 0 heterocycles. The van der Waals surface area contributed by atoms with Crippen molar-refractivity contribution in [3.63, 3.8) is 0 Å². The molecule has 0 radical (unpaired) electrons. The van der Waals surface area contributed by atoms with E-state index in [0.717, 1.165) is 73.7 Å². The molecule has 0 bridgehead atoms. The second kappa shape index (κ2) is 8.18. The van der Waals surface area contributed by atoms with E-state index in [0.29, 0.717) is 0 Å². The number of allylic oxidation sites excluding steroid dienone is 4. The normalized spacial score (nSPS) is 16.4. The van der Waals surface area contributed by atoms with Gasteiger partial charge in [0.05, 0.1) is 0 Å². The van der Waals surface area contributed by atoms with Crippen molar-refractivity contribution in [2.45, 2.75) is 79.1 Å². The van der Waals surface area contributed by atoms with Crippen LogP contribution in [0.3, 0.4) is 0 Å². The summed E-state index contributed by atoms with van der Waals surface area (Å²) >= 11 is 0. The zero-order chi connectivity index (χ0) is 15.1. The van der Waals surface area contributed by atoms with Crippen LogP contribution in [0.15, 0.2) is 22.3 Å². The molecule has 0 atom stereocenters. The Morgan fingerprint density at radius 1 is 0.500 bits per heavy atom. The monoisotopic (exact) mass is 276 g/mol. The van der Waals surface area contributed by atoms with Crippen molar-refractivity contribution >= 4 is 11.6 Å². The molecule has 0 aliphatic heterocycles. The molecule has 1 aliphatic carbocycles. The molecule has 0 aromatic rings.